The maximum absolute atomic E-state index is 12.7. The average Bonchev–Trinajstić information content (AvgIpc) is 2.54. The summed E-state index contributed by atoms with van der Waals surface area (Å²) in [7, 11) is 0. The highest BCUT2D eigenvalue weighted by molar-refractivity contribution is 6.05. The van der Waals surface area contributed by atoms with E-state index in [1.165, 1.54) is 5.56 Å². The second kappa shape index (κ2) is 6.45. The zero-order chi connectivity index (χ0) is 16.4. The summed E-state index contributed by atoms with van der Waals surface area (Å²) in [5.74, 6) is 1.20. The first-order valence-corrected chi connectivity index (χ1v) is 8.22. The van der Waals surface area contributed by atoms with Gasteiger partial charge < -0.3 is 10.1 Å². The van der Waals surface area contributed by atoms with Crippen molar-refractivity contribution in [3.05, 3.63) is 58.7 Å². The van der Waals surface area contributed by atoms with Gasteiger partial charge in [-0.2, -0.15) is 0 Å². The van der Waals surface area contributed by atoms with Crippen LogP contribution in [0.25, 0.3) is 0 Å². The fourth-order valence-electron chi connectivity index (χ4n) is 3.01. The number of amides is 1. The Hall–Kier alpha value is -2.29. The molecule has 1 aliphatic rings. The van der Waals surface area contributed by atoms with Crippen molar-refractivity contribution in [1.82, 2.24) is 0 Å². The molecular weight excluding hydrogens is 286 g/mol. The van der Waals surface area contributed by atoms with Gasteiger partial charge in [-0.3, -0.25) is 4.79 Å². The first-order chi connectivity index (χ1) is 11.0. The van der Waals surface area contributed by atoms with Crippen molar-refractivity contribution in [2.45, 2.75) is 39.5 Å². The molecule has 2 aromatic carbocycles. The van der Waals surface area contributed by atoms with Gasteiger partial charge in [-0.25, -0.2) is 0 Å². The molecule has 0 aromatic heterocycles. The average molecular weight is 309 g/mol. The van der Waals surface area contributed by atoms with Crippen molar-refractivity contribution < 1.29 is 9.53 Å². The Morgan fingerprint density at radius 3 is 2.78 bits per heavy atom. The quantitative estimate of drug-likeness (QED) is 0.892. The summed E-state index contributed by atoms with van der Waals surface area (Å²) in [6.07, 6.45) is 2.03. The summed E-state index contributed by atoms with van der Waals surface area (Å²) < 4.78 is 5.62. The molecule has 0 unspecified atom stereocenters. The molecule has 0 spiro atoms. The molecule has 3 rings (SSSR count). The summed E-state index contributed by atoms with van der Waals surface area (Å²) >= 11 is 0. The number of aryl methyl sites for hydroxylation is 2. The van der Waals surface area contributed by atoms with Gasteiger partial charge in [0.1, 0.15) is 5.75 Å². The lowest BCUT2D eigenvalue weighted by Crippen LogP contribution is -2.16. The van der Waals surface area contributed by atoms with E-state index in [1.54, 1.807) is 0 Å². The van der Waals surface area contributed by atoms with Crippen LogP contribution >= 0.6 is 0 Å². The maximum atomic E-state index is 12.7. The largest absolute Gasteiger partial charge is 0.493 e. The summed E-state index contributed by atoms with van der Waals surface area (Å²) in [5, 5.41) is 3.04. The molecule has 0 fully saturated rings. The Morgan fingerprint density at radius 1 is 1.17 bits per heavy atom. The smallest absolute Gasteiger partial charge is 0.255 e. The van der Waals surface area contributed by atoms with Crippen molar-refractivity contribution in [3.8, 4) is 5.75 Å². The number of benzene rings is 2. The van der Waals surface area contributed by atoms with E-state index in [-0.39, 0.29) is 5.91 Å². The molecule has 23 heavy (non-hydrogen) atoms. The molecule has 3 heteroatoms. The van der Waals surface area contributed by atoms with Gasteiger partial charge in [0.05, 0.1) is 6.61 Å². The highest BCUT2D eigenvalue weighted by atomic mass is 16.5. The standard InChI is InChI=1S/C20H23NO2/c1-13(2)17-8-6-14(3)11-18(17)20(22)21-16-7-9-19-15(12-16)5-4-10-23-19/h6-9,11-13H,4-5,10H2,1-3H3,(H,21,22). The first-order valence-electron chi connectivity index (χ1n) is 8.22. The number of hydrogen-bond donors (Lipinski definition) is 1. The highest BCUT2D eigenvalue weighted by Gasteiger charge is 2.16. The van der Waals surface area contributed by atoms with Gasteiger partial charge >= 0.3 is 0 Å². The van der Waals surface area contributed by atoms with Crippen molar-refractivity contribution in [1.29, 1.82) is 0 Å². The SMILES string of the molecule is Cc1ccc(C(C)C)c(C(=O)Nc2ccc3c(c2)CCCO3)c1. The van der Waals surface area contributed by atoms with Gasteiger partial charge in [0.15, 0.2) is 0 Å². The van der Waals surface area contributed by atoms with Crippen LogP contribution in [0.2, 0.25) is 0 Å². The summed E-state index contributed by atoms with van der Waals surface area (Å²) in [5.41, 5.74) is 4.93. The van der Waals surface area contributed by atoms with E-state index in [2.05, 4.69) is 31.3 Å². The molecule has 1 amide bonds. The minimum absolute atomic E-state index is 0.0472. The van der Waals surface area contributed by atoms with Gasteiger partial charge in [0, 0.05) is 11.3 Å². The zero-order valence-corrected chi connectivity index (χ0v) is 14.0. The molecule has 2 aromatic rings. The van der Waals surface area contributed by atoms with Crippen molar-refractivity contribution in [2.24, 2.45) is 0 Å². The normalized spacial score (nSPS) is 13.4. The molecule has 0 aliphatic carbocycles. The molecule has 0 radical (unpaired) electrons. The molecular formula is C20H23NO2. The Kier molecular flexibility index (Phi) is 4.37. The lowest BCUT2D eigenvalue weighted by molar-refractivity contribution is 0.102. The second-order valence-corrected chi connectivity index (χ2v) is 6.47. The van der Waals surface area contributed by atoms with Gasteiger partial charge in [0.25, 0.3) is 5.91 Å². The number of carbonyl (C=O) groups is 1. The summed E-state index contributed by atoms with van der Waals surface area (Å²) in [6.45, 7) is 7.01. The van der Waals surface area contributed by atoms with Crippen LogP contribution in [0.1, 0.15) is 53.2 Å². The lowest BCUT2D eigenvalue weighted by atomic mass is 9.95. The number of rotatable bonds is 3. The monoisotopic (exact) mass is 309 g/mol. The van der Waals surface area contributed by atoms with E-state index < -0.39 is 0 Å². The van der Waals surface area contributed by atoms with Crippen molar-refractivity contribution >= 4 is 11.6 Å². The predicted octanol–water partition coefficient (Wildman–Crippen LogP) is 4.70. The number of hydrogen-bond acceptors (Lipinski definition) is 2. The number of carbonyl (C=O) groups excluding carboxylic acids is 1. The van der Waals surface area contributed by atoms with Crippen LogP contribution in [-0.4, -0.2) is 12.5 Å². The van der Waals surface area contributed by atoms with Crippen LogP contribution in [0.3, 0.4) is 0 Å². The third-order valence-electron chi connectivity index (χ3n) is 4.24. The molecule has 120 valence electrons. The maximum Gasteiger partial charge on any atom is 0.255 e. The minimum Gasteiger partial charge on any atom is -0.493 e. The number of anilines is 1. The second-order valence-electron chi connectivity index (χ2n) is 6.47. The van der Waals surface area contributed by atoms with E-state index in [4.69, 9.17) is 4.74 Å². The number of ether oxygens (including phenoxy) is 1. The Labute approximate surface area is 137 Å². The number of fused-ring (bicyclic) bond motifs is 1. The summed E-state index contributed by atoms with van der Waals surface area (Å²) in [4.78, 5) is 12.7. The van der Waals surface area contributed by atoms with Crippen LogP contribution in [-0.2, 0) is 6.42 Å². The predicted molar refractivity (Wildman–Crippen MR) is 93.5 cm³/mol. The van der Waals surface area contributed by atoms with Crippen LogP contribution < -0.4 is 10.1 Å². The molecule has 0 saturated heterocycles. The van der Waals surface area contributed by atoms with Crippen LogP contribution in [0.4, 0.5) is 5.69 Å². The van der Waals surface area contributed by atoms with Gasteiger partial charge in [-0.05, 0) is 61.1 Å². The molecule has 0 atom stereocenters. The van der Waals surface area contributed by atoms with Crippen molar-refractivity contribution in [3.63, 3.8) is 0 Å². The molecule has 3 nitrogen and oxygen atoms in total. The molecule has 1 aliphatic heterocycles. The van der Waals surface area contributed by atoms with Crippen LogP contribution in [0.5, 0.6) is 5.75 Å². The van der Waals surface area contributed by atoms with E-state index in [9.17, 15) is 4.79 Å². The van der Waals surface area contributed by atoms with Crippen molar-refractivity contribution in [2.75, 3.05) is 11.9 Å². The lowest BCUT2D eigenvalue weighted by Gasteiger charge is -2.18. The number of nitrogens with one attached hydrogen (secondary N) is 1. The topological polar surface area (TPSA) is 38.3 Å². The Morgan fingerprint density at radius 2 is 2.00 bits per heavy atom. The van der Waals surface area contributed by atoms with E-state index in [0.717, 1.165) is 47.6 Å². The molecule has 0 bridgehead atoms. The third-order valence-corrected chi connectivity index (χ3v) is 4.24. The zero-order valence-electron chi connectivity index (χ0n) is 14.0. The molecule has 1 heterocycles. The highest BCUT2D eigenvalue weighted by Crippen LogP contribution is 2.28. The van der Waals surface area contributed by atoms with E-state index in [1.807, 2.05) is 31.2 Å². The van der Waals surface area contributed by atoms with E-state index >= 15 is 0 Å². The molecule has 1 N–H and O–H groups in total. The van der Waals surface area contributed by atoms with Crippen LogP contribution in [0.15, 0.2) is 36.4 Å². The van der Waals surface area contributed by atoms with Gasteiger partial charge in [-0.15, -0.1) is 0 Å². The minimum atomic E-state index is -0.0472. The van der Waals surface area contributed by atoms with Gasteiger partial charge in [-0.1, -0.05) is 31.5 Å². The third kappa shape index (κ3) is 3.39. The van der Waals surface area contributed by atoms with Crippen LogP contribution in [0, 0.1) is 6.92 Å². The summed E-state index contributed by atoms with van der Waals surface area (Å²) in [6, 6.07) is 12.0. The first kappa shape index (κ1) is 15.6. The fraction of sp³-hybridized carbons (Fsp3) is 0.350. The van der Waals surface area contributed by atoms with E-state index in [0.29, 0.717) is 5.92 Å². The molecule has 0 saturated carbocycles. The van der Waals surface area contributed by atoms with Gasteiger partial charge in [0.2, 0.25) is 0 Å². The Balaban J connectivity index is 1.86. The fourth-order valence-corrected chi connectivity index (χ4v) is 3.01. The Bertz CT molecular complexity index is 734.